The van der Waals surface area contributed by atoms with E-state index in [1.54, 1.807) is 22.7 Å². The van der Waals surface area contributed by atoms with Crippen LogP contribution in [-0.4, -0.2) is 17.4 Å². The second-order valence-electron chi connectivity index (χ2n) is 5.48. The van der Waals surface area contributed by atoms with Gasteiger partial charge in [-0.3, -0.25) is 9.69 Å². The number of anilines is 1. The van der Waals surface area contributed by atoms with Crippen LogP contribution in [0, 0.1) is 5.82 Å². The van der Waals surface area contributed by atoms with E-state index in [0.717, 1.165) is 0 Å². The van der Waals surface area contributed by atoms with Crippen molar-refractivity contribution in [3.05, 3.63) is 73.8 Å². The Morgan fingerprint density at radius 2 is 1.72 bits per heavy atom. The molecule has 0 atom stereocenters. The highest BCUT2D eigenvalue weighted by atomic mass is 35.5. The molecule has 130 valence electrons. The first-order valence-corrected chi connectivity index (χ1v) is 9.76. The van der Waals surface area contributed by atoms with Crippen molar-refractivity contribution in [3.63, 3.8) is 0 Å². The standard InChI is InChI=1S/C18H16ClFN2OS2/c19-16-9-13(20)5-6-17(16)21-18(23)12-22(10-14-3-1-7-24-14)11-15-4-2-8-25-15/h1-9H,10-12H2,(H,21,23). The SMILES string of the molecule is O=C(CN(Cc1cccs1)Cc1cccs1)Nc1ccc(F)cc1Cl. The van der Waals surface area contributed by atoms with Gasteiger partial charge in [-0.25, -0.2) is 4.39 Å². The van der Waals surface area contributed by atoms with Crippen LogP contribution in [-0.2, 0) is 17.9 Å². The summed E-state index contributed by atoms with van der Waals surface area (Å²) in [6, 6.07) is 12.0. The van der Waals surface area contributed by atoms with Gasteiger partial charge in [0.25, 0.3) is 0 Å². The summed E-state index contributed by atoms with van der Waals surface area (Å²) in [4.78, 5) is 16.9. The van der Waals surface area contributed by atoms with Gasteiger partial charge >= 0.3 is 0 Å². The quantitative estimate of drug-likeness (QED) is 0.594. The first-order valence-electron chi connectivity index (χ1n) is 7.62. The molecule has 7 heteroatoms. The van der Waals surface area contributed by atoms with E-state index in [2.05, 4.69) is 22.3 Å². The molecule has 0 saturated carbocycles. The fraction of sp³-hybridized carbons (Fsp3) is 0.167. The zero-order valence-corrected chi connectivity index (χ0v) is 15.6. The van der Waals surface area contributed by atoms with E-state index in [1.165, 1.54) is 28.0 Å². The number of amides is 1. The minimum atomic E-state index is -0.431. The molecule has 0 radical (unpaired) electrons. The highest BCUT2D eigenvalue weighted by molar-refractivity contribution is 7.10. The molecule has 2 aromatic heterocycles. The van der Waals surface area contributed by atoms with Gasteiger partial charge in [0.05, 0.1) is 17.3 Å². The second-order valence-corrected chi connectivity index (χ2v) is 7.95. The second kappa shape index (κ2) is 8.58. The van der Waals surface area contributed by atoms with E-state index in [1.807, 2.05) is 22.9 Å². The number of nitrogens with zero attached hydrogens (tertiary/aromatic N) is 1. The Balaban J connectivity index is 1.66. The van der Waals surface area contributed by atoms with Gasteiger partial charge in [-0.15, -0.1) is 22.7 Å². The third-order valence-corrected chi connectivity index (χ3v) is 5.53. The first kappa shape index (κ1) is 18.1. The monoisotopic (exact) mass is 394 g/mol. The van der Waals surface area contributed by atoms with Crippen LogP contribution in [0.2, 0.25) is 5.02 Å². The highest BCUT2D eigenvalue weighted by Gasteiger charge is 2.14. The molecule has 0 fully saturated rings. The minimum Gasteiger partial charge on any atom is -0.324 e. The number of halogens is 2. The van der Waals surface area contributed by atoms with Crippen molar-refractivity contribution in [2.75, 3.05) is 11.9 Å². The van der Waals surface area contributed by atoms with Crippen molar-refractivity contribution in [2.45, 2.75) is 13.1 Å². The molecular weight excluding hydrogens is 379 g/mol. The Bertz CT molecular complexity index is 785. The number of nitrogens with one attached hydrogen (secondary N) is 1. The highest BCUT2D eigenvalue weighted by Crippen LogP contribution is 2.23. The summed E-state index contributed by atoms with van der Waals surface area (Å²) in [6.45, 7) is 1.61. The van der Waals surface area contributed by atoms with Gasteiger partial charge in [0, 0.05) is 22.8 Å². The lowest BCUT2D eigenvalue weighted by Gasteiger charge is -2.20. The molecular formula is C18H16ClFN2OS2. The summed E-state index contributed by atoms with van der Waals surface area (Å²) in [5, 5.41) is 7.00. The maximum Gasteiger partial charge on any atom is 0.238 e. The summed E-state index contributed by atoms with van der Waals surface area (Å²) < 4.78 is 13.1. The fourth-order valence-corrected chi connectivity index (χ4v) is 4.10. The number of thiophene rings is 2. The Morgan fingerprint density at radius 3 is 2.24 bits per heavy atom. The van der Waals surface area contributed by atoms with Crippen LogP contribution in [0.3, 0.4) is 0 Å². The number of rotatable bonds is 7. The predicted molar refractivity (Wildman–Crippen MR) is 103 cm³/mol. The van der Waals surface area contributed by atoms with E-state index >= 15 is 0 Å². The lowest BCUT2D eigenvalue weighted by atomic mass is 10.3. The number of hydrogen-bond donors (Lipinski definition) is 1. The Hall–Kier alpha value is -1.73. The van der Waals surface area contributed by atoms with Crippen LogP contribution in [0.25, 0.3) is 0 Å². The fourth-order valence-electron chi connectivity index (χ4n) is 2.40. The molecule has 0 spiro atoms. The van der Waals surface area contributed by atoms with Crippen molar-refractivity contribution in [3.8, 4) is 0 Å². The third-order valence-electron chi connectivity index (χ3n) is 3.49. The van der Waals surface area contributed by atoms with Gasteiger partial charge in [0.2, 0.25) is 5.91 Å². The smallest absolute Gasteiger partial charge is 0.238 e. The average Bonchev–Trinajstić information content (AvgIpc) is 3.24. The molecule has 0 unspecified atom stereocenters. The zero-order chi connectivity index (χ0) is 17.6. The Kier molecular flexibility index (Phi) is 6.20. The minimum absolute atomic E-state index is 0.179. The summed E-state index contributed by atoms with van der Waals surface area (Å²) >= 11 is 9.31. The van der Waals surface area contributed by atoms with Gasteiger partial charge in [0.1, 0.15) is 5.82 Å². The van der Waals surface area contributed by atoms with E-state index in [0.29, 0.717) is 18.8 Å². The third kappa shape index (κ3) is 5.37. The largest absolute Gasteiger partial charge is 0.324 e. The van der Waals surface area contributed by atoms with Crippen molar-refractivity contribution in [1.29, 1.82) is 0 Å². The van der Waals surface area contributed by atoms with Crippen LogP contribution >= 0.6 is 34.3 Å². The molecule has 0 aliphatic heterocycles. The lowest BCUT2D eigenvalue weighted by molar-refractivity contribution is -0.117. The van der Waals surface area contributed by atoms with Crippen LogP contribution < -0.4 is 5.32 Å². The topological polar surface area (TPSA) is 32.3 Å². The zero-order valence-electron chi connectivity index (χ0n) is 13.2. The van der Waals surface area contributed by atoms with E-state index in [9.17, 15) is 9.18 Å². The number of carbonyl (C=O) groups excluding carboxylic acids is 1. The summed E-state index contributed by atoms with van der Waals surface area (Å²) in [5.41, 5.74) is 0.417. The Morgan fingerprint density at radius 1 is 1.08 bits per heavy atom. The van der Waals surface area contributed by atoms with Crippen molar-refractivity contribution in [1.82, 2.24) is 4.90 Å². The lowest BCUT2D eigenvalue weighted by Crippen LogP contribution is -2.32. The molecule has 1 aromatic carbocycles. The molecule has 25 heavy (non-hydrogen) atoms. The maximum atomic E-state index is 13.1. The summed E-state index contributed by atoms with van der Waals surface area (Å²) in [7, 11) is 0. The van der Waals surface area contributed by atoms with Gasteiger partial charge in [-0.2, -0.15) is 0 Å². The maximum absolute atomic E-state index is 13.1. The molecule has 1 amide bonds. The molecule has 2 heterocycles. The molecule has 3 aromatic rings. The van der Waals surface area contributed by atoms with E-state index < -0.39 is 5.82 Å². The van der Waals surface area contributed by atoms with Crippen molar-refractivity contribution in [2.24, 2.45) is 0 Å². The van der Waals surface area contributed by atoms with Gasteiger partial charge in [0.15, 0.2) is 0 Å². The van der Waals surface area contributed by atoms with Gasteiger partial charge < -0.3 is 5.32 Å². The van der Waals surface area contributed by atoms with Gasteiger partial charge in [-0.05, 0) is 41.1 Å². The average molecular weight is 395 g/mol. The number of hydrogen-bond acceptors (Lipinski definition) is 4. The molecule has 0 aliphatic carbocycles. The molecule has 0 aliphatic rings. The molecule has 3 nitrogen and oxygen atoms in total. The molecule has 0 bridgehead atoms. The molecule has 3 rings (SSSR count). The van der Waals surface area contributed by atoms with E-state index in [4.69, 9.17) is 11.6 Å². The van der Waals surface area contributed by atoms with Crippen molar-refractivity contribution < 1.29 is 9.18 Å². The van der Waals surface area contributed by atoms with Crippen LogP contribution in [0.15, 0.2) is 53.2 Å². The molecule has 1 N–H and O–H groups in total. The number of benzene rings is 1. The normalized spacial score (nSPS) is 11.0. The van der Waals surface area contributed by atoms with Crippen LogP contribution in [0.4, 0.5) is 10.1 Å². The summed E-state index contributed by atoms with van der Waals surface area (Å²) in [5.74, 6) is -0.610. The predicted octanol–water partition coefficient (Wildman–Crippen LogP) is 5.24. The van der Waals surface area contributed by atoms with Gasteiger partial charge in [-0.1, -0.05) is 23.7 Å². The van der Waals surface area contributed by atoms with E-state index in [-0.39, 0.29) is 17.5 Å². The van der Waals surface area contributed by atoms with Crippen molar-refractivity contribution >= 4 is 45.9 Å². The Labute approximate surface area is 158 Å². The van der Waals surface area contributed by atoms with Crippen LogP contribution in [0.1, 0.15) is 9.75 Å². The van der Waals surface area contributed by atoms with Crippen LogP contribution in [0.5, 0.6) is 0 Å². The number of carbonyl (C=O) groups is 1. The first-order chi connectivity index (χ1) is 12.1. The summed E-state index contributed by atoms with van der Waals surface area (Å²) in [6.07, 6.45) is 0. The molecule has 0 saturated heterocycles.